The van der Waals surface area contributed by atoms with Crippen LogP contribution in [0.5, 0.6) is 0 Å². The summed E-state index contributed by atoms with van der Waals surface area (Å²) in [5, 5.41) is 12.3. The Kier molecular flexibility index (Phi) is 3.66. The normalized spacial score (nSPS) is 16.8. The molecule has 1 aliphatic rings. The van der Waals surface area contributed by atoms with E-state index in [1.165, 1.54) is 0 Å². The van der Waals surface area contributed by atoms with Crippen LogP contribution in [-0.4, -0.2) is 11.1 Å². The molecule has 0 bridgehead atoms. The highest BCUT2D eigenvalue weighted by Gasteiger charge is 2.21. The lowest BCUT2D eigenvalue weighted by atomic mass is 10.1. The highest BCUT2D eigenvalue weighted by atomic mass is 79.9. The Balaban J connectivity index is 1.80. The Bertz CT molecular complexity index is 727. The van der Waals surface area contributed by atoms with Crippen molar-refractivity contribution in [1.29, 1.82) is 0 Å². The molecule has 2 aromatic carbocycles. The van der Waals surface area contributed by atoms with Crippen LogP contribution >= 0.6 is 15.9 Å². The second-order valence-electron chi connectivity index (χ2n) is 4.63. The predicted octanol–water partition coefficient (Wildman–Crippen LogP) is 3.76. The number of ether oxygens (including phenoxy) is 1. The first-order valence-corrected chi connectivity index (χ1v) is 7.14. The van der Waals surface area contributed by atoms with E-state index < -0.39 is 5.97 Å². The zero-order valence-electron chi connectivity index (χ0n) is 10.9. The molecule has 0 aromatic heterocycles. The second kappa shape index (κ2) is 5.61. The molecule has 1 aliphatic heterocycles. The molecule has 0 saturated carbocycles. The number of halogens is 1. The SMILES string of the molecule is O=C(O)c1cccc(C2NC(c3cccc(Br)c3)=CO2)c1. The Morgan fingerprint density at radius 3 is 2.76 bits per heavy atom. The maximum atomic E-state index is 11.0. The van der Waals surface area contributed by atoms with Crippen molar-refractivity contribution in [2.45, 2.75) is 6.23 Å². The number of hydrogen-bond acceptors (Lipinski definition) is 3. The third-order valence-corrected chi connectivity index (χ3v) is 3.67. The summed E-state index contributed by atoms with van der Waals surface area (Å²) >= 11 is 3.43. The number of carbonyl (C=O) groups is 1. The largest absolute Gasteiger partial charge is 0.478 e. The van der Waals surface area contributed by atoms with Crippen molar-refractivity contribution in [1.82, 2.24) is 5.32 Å². The van der Waals surface area contributed by atoms with E-state index in [1.54, 1.807) is 24.5 Å². The molecule has 1 unspecified atom stereocenters. The van der Waals surface area contributed by atoms with Gasteiger partial charge in [-0.1, -0.05) is 40.2 Å². The number of hydrogen-bond donors (Lipinski definition) is 2. The number of carboxylic acids is 1. The average molecular weight is 346 g/mol. The van der Waals surface area contributed by atoms with E-state index in [1.807, 2.05) is 30.3 Å². The summed E-state index contributed by atoms with van der Waals surface area (Å²) in [6, 6.07) is 14.6. The molecule has 0 radical (unpaired) electrons. The minimum atomic E-state index is -0.949. The van der Waals surface area contributed by atoms with Crippen LogP contribution < -0.4 is 5.32 Å². The van der Waals surface area contributed by atoms with Crippen LogP contribution in [0, 0.1) is 0 Å². The van der Waals surface area contributed by atoms with Gasteiger partial charge in [0, 0.05) is 15.6 Å². The van der Waals surface area contributed by atoms with Gasteiger partial charge >= 0.3 is 5.97 Å². The summed E-state index contributed by atoms with van der Waals surface area (Å²) in [6.45, 7) is 0. The van der Waals surface area contributed by atoms with Crippen LogP contribution in [0.15, 0.2) is 59.3 Å². The maximum Gasteiger partial charge on any atom is 0.335 e. The van der Waals surface area contributed by atoms with Gasteiger partial charge in [0.2, 0.25) is 0 Å². The molecule has 0 saturated heterocycles. The molecule has 1 heterocycles. The minimum absolute atomic E-state index is 0.244. The smallest absolute Gasteiger partial charge is 0.335 e. The Morgan fingerprint density at radius 1 is 1.19 bits per heavy atom. The molecule has 106 valence electrons. The number of rotatable bonds is 3. The highest BCUT2D eigenvalue weighted by Crippen LogP contribution is 2.28. The van der Waals surface area contributed by atoms with E-state index in [2.05, 4.69) is 21.2 Å². The first-order chi connectivity index (χ1) is 10.1. The molecule has 0 aliphatic carbocycles. The Labute approximate surface area is 130 Å². The molecule has 21 heavy (non-hydrogen) atoms. The quantitative estimate of drug-likeness (QED) is 0.888. The van der Waals surface area contributed by atoms with Crippen molar-refractivity contribution in [3.63, 3.8) is 0 Å². The van der Waals surface area contributed by atoms with Gasteiger partial charge in [-0.05, 0) is 24.3 Å². The van der Waals surface area contributed by atoms with E-state index >= 15 is 0 Å². The topological polar surface area (TPSA) is 58.6 Å². The zero-order valence-corrected chi connectivity index (χ0v) is 12.5. The lowest BCUT2D eigenvalue weighted by Gasteiger charge is -2.13. The van der Waals surface area contributed by atoms with E-state index in [4.69, 9.17) is 9.84 Å². The van der Waals surface area contributed by atoms with Crippen molar-refractivity contribution in [2.24, 2.45) is 0 Å². The summed E-state index contributed by atoms with van der Waals surface area (Å²) in [7, 11) is 0. The fourth-order valence-corrected chi connectivity index (χ4v) is 2.55. The lowest BCUT2D eigenvalue weighted by molar-refractivity contribution is 0.0696. The number of nitrogens with one attached hydrogen (secondary N) is 1. The van der Waals surface area contributed by atoms with Gasteiger partial charge in [-0.15, -0.1) is 0 Å². The van der Waals surface area contributed by atoms with Gasteiger partial charge in [-0.25, -0.2) is 4.79 Å². The van der Waals surface area contributed by atoms with Crippen molar-refractivity contribution in [2.75, 3.05) is 0 Å². The third-order valence-electron chi connectivity index (χ3n) is 3.18. The molecular weight excluding hydrogens is 334 g/mol. The van der Waals surface area contributed by atoms with Crippen LogP contribution in [0.3, 0.4) is 0 Å². The maximum absolute atomic E-state index is 11.0. The van der Waals surface area contributed by atoms with Gasteiger partial charge in [-0.3, -0.25) is 0 Å². The standard InChI is InChI=1S/C16H12BrNO3/c17-13-6-2-3-10(8-13)14-9-21-15(18-14)11-4-1-5-12(7-11)16(19)20/h1-9,15,18H,(H,19,20). The summed E-state index contributed by atoms with van der Waals surface area (Å²) in [5.41, 5.74) is 2.88. The van der Waals surface area contributed by atoms with Gasteiger partial charge in [0.15, 0.2) is 6.23 Å². The number of benzene rings is 2. The summed E-state index contributed by atoms with van der Waals surface area (Å²) in [4.78, 5) is 11.0. The fraction of sp³-hybridized carbons (Fsp3) is 0.0625. The Hall–Kier alpha value is -2.27. The van der Waals surface area contributed by atoms with Crippen LogP contribution in [0.2, 0.25) is 0 Å². The van der Waals surface area contributed by atoms with E-state index in [0.29, 0.717) is 0 Å². The Morgan fingerprint density at radius 2 is 2.00 bits per heavy atom. The molecule has 4 nitrogen and oxygen atoms in total. The predicted molar refractivity (Wildman–Crippen MR) is 82.5 cm³/mol. The molecule has 0 amide bonds. The first-order valence-electron chi connectivity index (χ1n) is 6.35. The van der Waals surface area contributed by atoms with Crippen molar-refractivity contribution in [3.8, 4) is 0 Å². The molecule has 1 atom stereocenters. The van der Waals surface area contributed by atoms with E-state index in [-0.39, 0.29) is 11.8 Å². The van der Waals surface area contributed by atoms with Crippen molar-refractivity contribution in [3.05, 3.63) is 76.0 Å². The molecule has 5 heteroatoms. The molecule has 0 fully saturated rings. The second-order valence-corrected chi connectivity index (χ2v) is 5.55. The molecular formula is C16H12BrNO3. The van der Waals surface area contributed by atoms with Gasteiger partial charge < -0.3 is 15.2 Å². The first kappa shape index (κ1) is 13.7. The molecule has 2 aromatic rings. The van der Waals surface area contributed by atoms with Gasteiger partial charge in [0.05, 0.1) is 11.3 Å². The van der Waals surface area contributed by atoms with Crippen molar-refractivity contribution < 1.29 is 14.6 Å². The minimum Gasteiger partial charge on any atom is -0.478 e. The average Bonchev–Trinajstić information content (AvgIpc) is 2.97. The van der Waals surface area contributed by atoms with Crippen LogP contribution in [-0.2, 0) is 4.74 Å². The summed E-state index contributed by atoms with van der Waals surface area (Å²) in [6.07, 6.45) is 1.28. The van der Waals surface area contributed by atoms with Gasteiger partial charge in [-0.2, -0.15) is 0 Å². The van der Waals surface area contributed by atoms with Crippen LogP contribution in [0.1, 0.15) is 27.7 Å². The number of aromatic carboxylic acids is 1. The highest BCUT2D eigenvalue weighted by molar-refractivity contribution is 9.10. The van der Waals surface area contributed by atoms with E-state index in [9.17, 15) is 4.79 Å². The van der Waals surface area contributed by atoms with Crippen molar-refractivity contribution >= 4 is 27.6 Å². The summed E-state index contributed by atoms with van der Waals surface area (Å²) in [5.74, 6) is -0.949. The molecule has 0 spiro atoms. The number of carboxylic acid groups (broad SMARTS) is 1. The summed E-state index contributed by atoms with van der Waals surface area (Å²) < 4.78 is 6.58. The van der Waals surface area contributed by atoms with Crippen LogP contribution in [0.4, 0.5) is 0 Å². The third kappa shape index (κ3) is 2.92. The molecule has 2 N–H and O–H groups in total. The fourth-order valence-electron chi connectivity index (χ4n) is 2.15. The monoisotopic (exact) mass is 345 g/mol. The van der Waals surface area contributed by atoms with Gasteiger partial charge in [0.25, 0.3) is 0 Å². The van der Waals surface area contributed by atoms with Gasteiger partial charge in [0.1, 0.15) is 6.26 Å². The lowest BCUT2D eigenvalue weighted by Crippen LogP contribution is -2.15. The molecule has 3 rings (SSSR count). The van der Waals surface area contributed by atoms with E-state index in [0.717, 1.165) is 21.3 Å². The zero-order chi connectivity index (χ0) is 14.8. The van der Waals surface area contributed by atoms with Crippen LogP contribution in [0.25, 0.3) is 5.70 Å².